The molecule has 0 radical (unpaired) electrons. The van der Waals surface area contributed by atoms with E-state index in [2.05, 4.69) is 25.3 Å². The van der Waals surface area contributed by atoms with Gasteiger partial charge in [0.05, 0.1) is 31.4 Å². The predicted molar refractivity (Wildman–Crippen MR) is 136 cm³/mol. The van der Waals surface area contributed by atoms with Gasteiger partial charge in [0.25, 0.3) is 5.56 Å². The molecule has 1 unspecified atom stereocenters. The Morgan fingerprint density at radius 1 is 1.15 bits per heavy atom. The maximum atomic E-state index is 13.0. The Morgan fingerprint density at radius 3 is 2.71 bits per heavy atom. The average Bonchev–Trinajstić information content (AvgIpc) is 3.64. The molecule has 1 aromatic carbocycles. The predicted octanol–water partition coefficient (Wildman–Crippen LogP) is 4.20. The minimum absolute atomic E-state index is 0.240. The number of carbonyl (C=O) groups excluding carboxylic acids is 1. The second-order valence-corrected chi connectivity index (χ2v) is 10.8. The Balaban J connectivity index is 1.26. The number of carbonyl (C=O) groups is 1. The first-order valence-corrected chi connectivity index (χ1v) is 12.8. The molecule has 5 rings (SSSR count). The number of amides is 2. The molecule has 3 aromatic rings. The largest absolute Gasteiger partial charge is 0.382 e. The Kier molecular flexibility index (Phi) is 6.40. The zero-order chi connectivity index (χ0) is 23.7. The molecule has 1 atom stereocenters. The summed E-state index contributed by atoms with van der Waals surface area (Å²) < 4.78 is 17.0. The number of thioether (sulfide) groups is 1. The van der Waals surface area contributed by atoms with Gasteiger partial charge in [-0.25, -0.2) is 19.0 Å². The number of fused-ring (bicyclic) bond motifs is 1. The molecule has 174 valence electrons. The third-order valence-corrected chi connectivity index (χ3v) is 7.81. The molecular formula is C22H19ClN6O3S2. The highest BCUT2D eigenvalue weighted by Gasteiger charge is 2.21. The van der Waals surface area contributed by atoms with Gasteiger partial charge in [0.2, 0.25) is 0 Å². The number of halogens is 1. The van der Waals surface area contributed by atoms with Crippen LogP contribution in [0.1, 0.15) is 19.3 Å². The first kappa shape index (κ1) is 22.6. The van der Waals surface area contributed by atoms with Gasteiger partial charge in [-0.15, -0.1) is 0 Å². The Morgan fingerprint density at radius 2 is 1.97 bits per heavy atom. The van der Waals surface area contributed by atoms with Crippen molar-refractivity contribution in [3.63, 3.8) is 0 Å². The van der Waals surface area contributed by atoms with Gasteiger partial charge in [-0.05, 0) is 49.6 Å². The number of allylic oxidation sites excluding steroid dienone is 2. The van der Waals surface area contributed by atoms with Crippen molar-refractivity contribution in [2.24, 2.45) is 0 Å². The lowest BCUT2D eigenvalue weighted by Gasteiger charge is -2.12. The fourth-order valence-corrected chi connectivity index (χ4v) is 5.56. The van der Waals surface area contributed by atoms with E-state index in [1.165, 1.54) is 17.1 Å². The smallest absolute Gasteiger partial charge is 0.331 e. The summed E-state index contributed by atoms with van der Waals surface area (Å²) in [5.41, 5.74) is 1.69. The number of aromatic nitrogens is 3. The third kappa shape index (κ3) is 5.16. The van der Waals surface area contributed by atoms with Gasteiger partial charge in [-0.1, -0.05) is 35.5 Å². The fourth-order valence-electron chi connectivity index (χ4n) is 3.27. The SMILES string of the molecule is O=C(Nc1ccc(-n2cnc3cc(NC4CC4)ccc3c2=O)nc1)NS(=O)C1=CCC=C(Cl)S1. The van der Waals surface area contributed by atoms with Crippen LogP contribution in [0.5, 0.6) is 0 Å². The number of nitrogens with one attached hydrogen (secondary N) is 3. The molecular weight excluding hydrogens is 496 g/mol. The number of rotatable bonds is 6. The summed E-state index contributed by atoms with van der Waals surface area (Å²) in [7, 11) is -1.73. The molecule has 3 heterocycles. The van der Waals surface area contributed by atoms with Gasteiger partial charge in [-0.2, -0.15) is 0 Å². The molecule has 2 amide bonds. The van der Waals surface area contributed by atoms with Crippen molar-refractivity contribution < 1.29 is 9.00 Å². The van der Waals surface area contributed by atoms with Crippen molar-refractivity contribution in [2.75, 3.05) is 10.6 Å². The molecule has 12 heteroatoms. The highest BCUT2D eigenvalue weighted by atomic mass is 35.5. The van der Waals surface area contributed by atoms with Crippen molar-refractivity contribution in [1.82, 2.24) is 19.3 Å². The van der Waals surface area contributed by atoms with Crippen molar-refractivity contribution in [2.45, 2.75) is 25.3 Å². The number of anilines is 2. The molecule has 0 bridgehead atoms. The number of urea groups is 1. The lowest BCUT2D eigenvalue weighted by atomic mass is 10.2. The normalized spacial score (nSPS) is 16.4. The van der Waals surface area contributed by atoms with Gasteiger partial charge in [0.15, 0.2) is 11.0 Å². The van der Waals surface area contributed by atoms with E-state index < -0.39 is 17.0 Å². The second-order valence-electron chi connectivity index (χ2n) is 7.67. The first-order chi connectivity index (χ1) is 16.5. The minimum Gasteiger partial charge on any atom is -0.382 e. The average molecular weight is 515 g/mol. The molecule has 1 aliphatic carbocycles. The molecule has 0 spiro atoms. The summed E-state index contributed by atoms with van der Waals surface area (Å²) in [6.45, 7) is 0. The molecule has 2 aromatic heterocycles. The van der Waals surface area contributed by atoms with Crippen LogP contribution in [-0.2, 0) is 11.0 Å². The van der Waals surface area contributed by atoms with E-state index in [4.69, 9.17) is 11.6 Å². The molecule has 34 heavy (non-hydrogen) atoms. The summed E-state index contributed by atoms with van der Waals surface area (Å²) in [5.74, 6) is 0.360. The van der Waals surface area contributed by atoms with Crippen LogP contribution >= 0.6 is 23.4 Å². The van der Waals surface area contributed by atoms with Crippen LogP contribution in [0.4, 0.5) is 16.2 Å². The van der Waals surface area contributed by atoms with Crippen molar-refractivity contribution in [3.8, 4) is 5.82 Å². The van der Waals surface area contributed by atoms with Crippen LogP contribution in [0.2, 0.25) is 0 Å². The van der Waals surface area contributed by atoms with E-state index in [1.807, 2.05) is 12.1 Å². The number of hydrogen-bond acceptors (Lipinski definition) is 7. The van der Waals surface area contributed by atoms with Gasteiger partial charge in [-0.3, -0.25) is 14.1 Å². The summed E-state index contributed by atoms with van der Waals surface area (Å²) in [4.78, 5) is 33.8. The van der Waals surface area contributed by atoms with Gasteiger partial charge in [0, 0.05) is 11.7 Å². The summed E-state index contributed by atoms with van der Waals surface area (Å²) in [6.07, 6.45) is 9.25. The van der Waals surface area contributed by atoms with E-state index in [1.54, 1.807) is 30.4 Å². The number of benzene rings is 1. The summed E-state index contributed by atoms with van der Waals surface area (Å²) in [6, 6.07) is 8.55. The number of nitrogens with zero attached hydrogens (tertiary/aromatic N) is 3. The second kappa shape index (κ2) is 9.61. The van der Waals surface area contributed by atoms with Gasteiger partial charge < -0.3 is 10.6 Å². The van der Waals surface area contributed by atoms with Crippen LogP contribution in [0.15, 0.2) is 68.4 Å². The molecule has 0 saturated heterocycles. The van der Waals surface area contributed by atoms with Gasteiger partial charge >= 0.3 is 6.03 Å². The highest BCUT2D eigenvalue weighted by Crippen LogP contribution is 2.34. The molecule has 1 aliphatic heterocycles. The lowest BCUT2D eigenvalue weighted by molar-refractivity contribution is 0.257. The number of pyridine rings is 1. The molecule has 2 aliphatic rings. The topological polar surface area (TPSA) is 118 Å². The van der Waals surface area contributed by atoms with E-state index in [0.717, 1.165) is 30.3 Å². The fraction of sp³-hybridized carbons (Fsp3) is 0.182. The van der Waals surface area contributed by atoms with E-state index in [9.17, 15) is 13.8 Å². The van der Waals surface area contributed by atoms with Crippen LogP contribution in [-0.4, -0.2) is 30.8 Å². The van der Waals surface area contributed by atoms with Crippen molar-refractivity contribution >= 4 is 62.7 Å². The van der Waals surface area contributed by atoms with Crippen molar-refractivity contribution in [3.05, 3.63) is 74.0 Å². The lowest BCUT2D eigenvalue weighted by Crippen LogP contribution is -2.30. The Bertz CT molecular complexity index is 1420. The van der Waals surface area contributed by atoms with E-state index in [-0.39, 0.29) is 5.56 Å². The zero-order valence-electron chi connectivity index (χ0n) is 17.7. The van der Waals surface area contributed by atoms with E-state index >= 15 is 0 Å². The van der Waals surface area contributed by atoms with Crippen LogP contribution in [0.3, 0.4) is 0 Å². The zero-order valence-corrected chi connectivity index (χ0v) is 20.0. The molecule has 3 N–H and O–H groups in total. The molecule has 1 saturated carbocycles. The summed E-state index contributed by atoms with van der Waals surface area (Å²) in [5, 5.41) is 6.45. The first-order valence-electron chi connectivity index (χ1n) is 10.4. The molecule has 9 nitrogen and oxygen atoms in total. The van der Waals surface area contributed by atoms with Crippen LogP contribution < -0.4 is 20.9 Å². The quantitative estimate of drug-likeness (QED) is 0.451. The highest BCUT2D eigenvalue weighted by molar-refractivity contribution is 8.19. The van der Waals surface area contributed by atoms with Crippen molar-refractivity contribution in [1.29, 1.82) is 0 Å². The minimum atomic E-state index is -1.73. The third-order valence-electron chi connectivity index (χ3n) is 5.09. The number of hydrogen-bond donors (Lipinski definition) is 3. The maximum absolute atomic E-state index is 13.0. The Labute approximate surface area is 206 Å². The van der Waals surface area contributed by atoms with Gasteiger partial charge in [0.1, 0.15) is 12.1 Å². The van der Waals surface area contributed by atoms with Crippen LogP contribution in [0.25, 0.3) is 16.7 Å². The van der Waals surface area contributed by atoms with Crippen LogP contribution in [0, 0.1) is 0 Å². The monoisotopic (exact) mass is 514 g/mol. The summed E-state index contributed by atoms with van der Waals surface area (Å²) >= 11 is 7.08. The Hall–Kier alpha value is -3.15. The van der Waals surface area contributed by atoms with E-state index in [0.29, 0.717) is 43.5 Å². The molecule has 1 fully saturated rings. The maximum Gasteiger partial charge on any atom is 0.331 e. The standard InChI is InChI=1S/C22H19ClN6O3S2/c23-18-2-1-3-20(33-18)34(32)28-22(31)27-15-7-9-19(24-11-15)29-12-25-17-10-14(26-13-4-5-13)6-8-16(17)21(29)30/h2-3,6-13,26H,1,4-5H2,(H2,27,28,31).